The summed E-state index contributed by atoms with van der Waals surface area (Å²) in [6, 6.07) is 12.9. The van der Waals surface area contributed by atoms with Crippen LogP contribution in [-0.4, -0.2) is 38.9 Å². The monoisotopic (exact) mass is 386 g/mol. The molecule has 0 aliphatic carbocycles. The Labute approximate surface area is 151 Å². The molecule has 130 valence electrons. The molecule has 24 heavy (non-hydrogen) atoms. The van der Waals surface area contributed by atoms with E-state index in [-0.39, 0.29) is 16.7 Å². The number of benzene rings is 1. The highest BCUT2D eigenvalue weighted by Crippen LogP contribution is 2.25. The van der Waals surface area contributed by atoms with Crippen molar-refractivity contribution in [3.63, 3.8) is 0 Å². The predicted molar refractivity (Wildman–Crippen MR) is 96.9 cm³/mol. The lowest BCUT2D eigenvalue weighted by Crippen LogP contribution is -2.38. The second-order valence-electron chi connectivity index (χ2n) is 5.20. The van der Waals surface area contributed by atoms with Gasteiger partial charge < -0.3 is 4.90 Å². The van der Waals surface area contributed by atoms with Crippen molar-refractivity contribution < 1.29 is 13.2 Å². The molecule has 0 saturated carbocycles. The zero-order valence-corrected chi connectivity index (χ0v) is 15.6. The van der Waals surface area contributed by atoms with Crippen LogP contribution in [0.25, 0.3) is 0 Å². The van der Waals surface area contributed by atoms with Crippen LogP contribution in [0.3, 0.4) is 0 Å². The maximum absolute atomic E-state index is 12.1. The highest BCUT2D eigenvalue weighted by molar-refractivity contribution is 7.91. The highest BCUT2D eigenvalue weighted by Gasteiger charge is 2.17. The number of sulfonamides is 1. The Kier molecular flexibility index (Phi) is 6.79. The van der Waals surface area contributed by atoms with E-state index in [2.05, 4.69) is 4.72 Å². The minimum absolute atomic E-state index is 0.0794. The molecule has 1 aromatic heterocycles. The Morgan fingerprint density at radius 3 is 2.46 bits per heavy atom. The molecule has 8 heteroatoms. The minimum atomic E-state index is -3.58. The number of amides is 1. The quantitative estimate of drug-likeness (QED) is 0.758. The van der Waals surface area contributed by atoms with Crippen molar-refractivity contribution >= 4 is 38.9 Å². The zero-order valence-electron chi connectivity index (χ0n) is 13.2. The van der Waals surface area contributed by atoms with Gasteiger partial charge in [-0.25, -0.2) is 13.1 Å². The second-order valence-corrected chi connectivity index (χ2v) is 8.91. The third kappa shape index (κ3) is 5.59. The highest BCUT2D eigenvalue weighted by atomic mass is 35.5. The molecule has 0 radical (unpaired) electrons. The zero-order chi connectivity index (χ0) is 17.6. The topological polar surface area (TPSA) is 66.5 Å². The Bertz CT molecular complexity index is 776. The maximum Gasteiger partial charge on any atom is 0.250 e. The normalized spacial score (nSPS) is 11.4. The predicted octanol–water partition coefficient (Wildman–Crippen LogP) is 2.77. The van der Waals surface area contributed by atoms with Crippen molar-refractivity contribution in [2.24, 2.45) is 0 Å². The van der Waals surface area contributed by atoms with Gasteiger partial charge in [0, 0.05) is 26.6 Å². The molecule has 0 saturated heterocycles. The fourth-order valence-electron chi connectivity index (χ4n) is 2.16. The lowest BCUT2D eigenvalue weighted by Gasteiger charge is -2.21. The van der Waals surface area contributed by atoms with E-state index < -0.39 is 10.0 Å². The summed E-state index contributed by atoms with van der Waals surface area (Å²) < 4.78 is 27.3. The van der Waals surface area contributed by atoms with Gasteiger partial charge in [-0.15, -0.1) is 11.3 Å². The van der Waals surface area contributed by atoms with Crippen molar-refractivity contribution in [2.45, 2.75) is 17.6 Å². The molecular formula is C16H19ClN2O3S2. The fourth-order valence-corrected chi connectivity index (χ4v) is 4.71. The Morgan fingerprint density at radius 2 is 1.88 bits per heavy atom. The molecule has 0 unspecified atom stereocenters. The molecule has 1 amide bonds. The first-order valence-corrected chi connectivity index (χ1v) is 10.1. The molecule has 0 bridgehead atoms. The molecule has 1 N–H and O–H groups in total. The van der Waals surface area contributed by atoms with E-state index >= 15 is 0 Å². The van der Waals surface area contributed by atoms with Crippen molar-refractivity contribution in [2.75, 3.05) is 19.6 Å². The fraction of sp³-hybridized carbons (Fsp3) is 0.312. The minimum Gasteiger partial charge on any atom is -0.341 e. The summed E-state index contributed by atoms with van der Waals surface area (Å²) in [7, 11) is -3.58. The molecule has 0 spiro atoms. The van der Waals surface area contributed by atoms with E-state index in [1.54, 1.807) is 11.0 Å². The van der Waals surface area contributed by atoms with E-state index in [1.165, 1.54) is 13.0 Å². The smallest absolute Gasteiger partial charge is 0.250 e. The molecule has 5 nitrogen and oxygen atoms in total. The number of nitrogens with zero attached hydrogens (tertiary/aromatic N) is 1. The average Bonchev–Trinajstić information content (AvgIpc) is 2.98. The average molecular weight is 387 g/mol. The first-order chi connectivity index (χ1) is 11.4. The van der Waals surface area contributed by atoms with Crippen LogP contribution in [0.5, 0.6) is 0 Å². The molecule has 2 aromatic rings. The third-order valence-electron chi connectivity index (χ3n) is 3.45. The van der Waals surface area contributed by atoms with Gasteiger partial charge in [0.25, 0.3) is 0 Å². The second kappa shape index (κ2) is 8.62. The Hall–Kier alpha value is -1.41. The number of halogens is 1. The van der Waals surface area contributed by atoms with Crippen LogP contribution in [0.15, 0.2) is 46.7 Å². The van der Waals surface area contributed by atoms with Gasteiger partial charge in [-0.1, -0.05) is 41.9 Å². The van der Waals surface area contributed by atoms with Gasteiger partial charge in [0.2, 0.25) is 15.9 Å². The van der Waals surface area contributed by atoms with Crippen molar-refractivity contribution in [3.05, 3.63) is 52.4 Å². The summed E-state index contributed by atoms with van der Waals surface area (Å²) in [5, 5.41) is 0. The Morgan fingerprint density at radius 1 is 1.17 bits per heavy atom. The van der Waals surface area contributed by atoms with Gasteiger partial charge >= 0.3 is 0 Å². The van der Waals surface area contributed by atoms with Gasteiger partial charge in [0.1, 0.15) is 4.21 Å². The first kappa shape index (κ1) is 18.9. The molecule has 0 aliphatic heterocycles. The van der Waals surface area contributed by atoms with Crippen LogP contribution in [0.2, 0.25) is 4.34 Å². The molecule has 0 aliphatic rings. The number of thiophene rings is 1. The number of carbonyl (C=O) groups excluding carboxylic acids is 1. The summed E-state index contributed by atoms with van der Waals surface area (Å²) in [5.41, 5.74) is 1.14. The largest absolute Gasteiger partial charge is 0.341 e. The van der Waals surface area contributed by atoms with Crippen LogP contribution in [0.1, 0.15) is 12.5 Å². The van der Waals surface area contributed by atoms with Gasteiger partial charge in [-0.05, 0) is 24.1 Å². The first-order valence-electron chi connectivity index (χ1n) is 7.43. The molecule has 1 aromatic carbocycles. The van der Waals surface area contributed by atoms with Crippen LogP contribution < -0.4 is 4.72 Å². The third-order valence-corrected chi connectivity index (χ3v) is 6.63. The van der Waals surface area contributed by atoms with E-state index in [0.717, 1.165) is 23.3 Å². The lowest BCUT2D eigenvalue weighted by molar-refractivity contribution is -0.128. The van der Waals surface area contributed by atoms with Gasteiger partial charge in [0.05, 0.1) is 4.34 Å². The SMILES string of the molecule is CC(=O)N(CCNS(=O)(=O)c1ccc(Cl)s1)CCc1ccccc1. The van der Waals surface area contributed by atoms with Gasteiger partial charge in [-0.3, -0.25) is 4.79 Å². The molecule has 2 rings (SSSR count). The van der Waals surface area contributed by atoms with Crippen LogP contribution in [-0.2, 0) is 21.2 Å². The molecule has 1 heterocycles. The van der Waals surface area contributed by atoms with Crippen molar-refractivity contribution in [3.8, 4) is 0 Å². The number of rotatable bonds is 8. The van der Waals surface area contributed by atoms with Crippen molar-refractivity contribution in [1.29, 1.82) is 0 Å². The Balaban J connectivity index is 1.86. The number of carbonyl (C=O) groups is 1. The molecule has 0 atom stereocenters. The van der Waals surface area contributed by atoms with E-state index in [9.17, 15) is 13.2 Å². The van der Waals surface area contributed by atoms with E-state index in [4.69, 9.17) is 11.6 Å². The summed E-state index contributed by atoms with van der Waals surface area (Å²) in [4.78, 5) is 13.4. The van der Waals surface area contributed by atoms with Gasteiger partial charge in [0.15, 0.2) is 0 Å². The summed E-state index contributed by atoms with van der Waals surface area (Å²) in [6.45, 7) is 2.51. The molecule has 0 fully saturated rings. The molecular weight excluding hydrogens is 368 g/mol. The standard InChI is InChI=1S/C16H19ClN2O3S2/c1-13(20)19(11-9-14-5-3-2-4-6-14)12-10-18-24(21,22)16-8-7-15(17)23-16/h2-8,18H,9-12H2,1H3. The van der Waals surface area contributed by atoms with Crippen LogP contribution >= 0.6 is 22.9 Å². The van der Waals surface area contributed by atoms with Crippen LogP contribution in [0, 0.1) is 0 Å². The van der Waals surface area contributed by atoms with E-state index in [0.29, 0.717) is 17.4 Å². The summed E-state index contributed by atoms with van der Waals surface area (Å²) >= 11 is 6.77. The maximum atomic E-state index is 12.1. The summed E-state index contributed by atoms with van der Waals surface area (Å²) in [6.07, 6.45) is 0.730. The number of hydrogen-bond acceptors (Lipinski definition) is 4. The van der Waals surface area contributed by atoms with Gasteiger partial charge in [-0.2, -0.15) is 0 Å². The lowest BCUT2D eigenvalue weighted by atomic mass is 10.1. The number of hydrogen-bond donors (Lipinski definition) is 1. The van der Waals surface area contributed by atoms with Crippen LogP contribution in [0.4, 0.5) is 0 Å². The van der Waals surface area contributed by atoms with E-state index in [1.807, 2.05) is 30.3 Å². The summed E-state index contributed by atoms with van der Waals surface area (Å²) in [5.74, 6) is -0.0794. The number of nitrogens with one attached hydrogen (secondary N) is 1. The van der Waals surface area contributed by atoms with Crippen molar-refractivity contribution in [1.82, 2.24) is 9.62 Å².